The lowest BCUT2D eigenvalue weighted by atomic mass is 9.97. The number of rotatable bonds is 2. The third-order valence-electron chi connectivity index (χ3n) is 2.94. The van der Waals surface area contributed by atoms with Gasteiger partial charge in [-0.25, -0.2) is 9.78 Å². The summed E-state index contributed by atoms with van der Waals surface area (Å²) in [5.74, 6) is 0. The van der Waals surface area contributed by atoms with Crippen molar-refractivity contribution >= 4 is 6.03 Å². The van der Waals surface area contributed by atoms with E-state index in [0.29, 0.717) is 13.0 Å². The van der Waals surface area contributed by atoms with Gasteiger partial charge in [0, 0.05) is 25.4 Å². The van der Waals surface area contributed by atoms with E-state index >= 15 is 0 Å². The molecule has 1 aromatic heterocycles. The van der Waals surface area contributed by atoms with Crippen molar-refractivity contribution in [3.8, 4) is 0 Å². The SMILES string of the molecule is CC1OCCC1(O)CNC(=O)n1ccnc1. The fraction of sp³-hybridized carbons (Fsp3) is 0.600. The molecule has 88 valence electrons. The third-order valence-corrected chi connectivity index (χ3v) is 2.94. The molecule has 1 amide bonds. The second-order valence-electron chi connectivity index (χ2n) is 4.00. The van der Waals surface area contributed by atoms with Crippen molar-refractivity contribution in [2.24, 2.45) is 0 Å². The molecule has 2 heterocycles. The summed E-state index contributed by atoms with van der Waals surface area (Å²) in [6, 6.07) is -0.301. The van der Waals surface area contributed by atoms with Crippen LogP contribution in [-0.4, -0.2) is 45.5 Å². The number of aliphatic hydroxyl groups is 1. The molecule has 0 saturated carbocycles. The van der Waals surface area contributed by atoms with E-state index in [1.807, 2.05) is 0 Å². The lowest BCUT2D eigenvalue weighted by Gasteiger charge is -2.25. The molecule has 2 unspecified atom stereocenters. The Hall–Kier alpha value is -1.40. The summed E-state index contributed by atoms with van der Waals surface area (Å²) in [4.78, 5) is 15.3. The first-order valence-corrected chi connectivity index (χ1v) is 5.22. The Morgan fingerprint density at radius 3 is 3.19 bits per heavy atom. The summed E-state index contributed by atoms with van der Waals surface area (Å²) in [6.45, 7) is 2.51. The Balaban J connectivity index is 1.90. The quantitative estimate of drug-likeness (QED) is 0.741. The number of hydrogen-bond donors (Lipinski definition) is 2. The van der Waals surface area contributed by atoms with E-state index in [1.165, 1.54) is 17.1 Å². The molecular weight excluding hydrogens is 210 g/mol. The van der Waals surface area contributed by atoms with Gasteiger partial charge < -0.3 is 15.2 Å². The second-order valence-corrected chi connectivity index (χ2v) is 4.00. The third kappa shape index (κ3) is 2.07. The number of ether oxygens (including phenoxy) is 1. The van der Waals surface area contributed by atoms with Crippen LogP contribution >= 0.6 is 0 Å². The van der Waals surface area contributed by atoms with Crippen molar-refractivity contribution in [3.63, 3.8) is 0 Å². The number of aromatic nitrogens is 2. The molecule has 0 radical (unpaired) electrons. The molecule has 6 nitrogen and oxygen atoms in total. The maximum absolute atomic E-state index is 11.6. The van der Waals surface area contributed by atoms with Crippen LogP contribution in [0.15, 0.2) is 18.7 Å². The topological polar surface area (TPSA) is 76.4 Å². The molecule has 1 saturated heterocycles. The molecule has 0 bridgehead atoms. The molecule has 2 rings (SSSR count). The molecule has 2 N–H and O–H groups in total. The predicted molar refractivity (Wildman–Crippen MR) is 56.0 cm³/mol. The molecule has 0 spiro atoms. The van der Waals surface area contributed by atoms with E-state index in [0.717, 1.165) is 0 Å². The van der Waals surface area contributed by atoms with Crippen LogP contribution in [0, 0.1) is 0 Å². The smallest absolute Gasteiger partial charge is 0.326 e. The Labute approximate surface area is 93.2 Å². The minimum absolute atomic E-state index is 0.186. The van der Waals surface area contributed by atoms with E-state index in [4.69, 9.17) is 4.74 Å². The second kappa shape index (κ2) is 4.23. The minimum atomic E-state index is -0.962. The van der Waals surface area contributed by atoms with Gasteiger partial charge >= 0.3 is 6.03 Å². The lowest BCUT2D eigenvalue weighted by molar-refractivity contribution is -0.0243. The number of nitrogens with one attached hydrogen (secondary N) is 1. The first-order valence-electron chi connectivity index (χ1n) is 5.22. The standard InChI is InChI=1S/C10H15N3O3/c1-8-10(15,2-5-16-8)6-12-9(14)13-4-3-11-7-13/h3-4,7-8,15H,2,5-6H2,1H3,(H,12,14). The van der Waals surface area contributed by atoms with Gasteiger partial charge in [0.2, 0.25) is 0 Å². The van der Waals surface area contributed by atoms with Gasteiger partial charge in [0.25, 0.3) is 0 Å². The summed E-state index contributed by atoms with van der Waals surface area (Å²) in [5, 5.41) is 12.8. The molecule has 1 aromatic rings. The van der Waals surface area contributed by atoms with Gasteiger partial charge in [-0.15, -0.1) is 0 Å². The molecule has 6 heteroatoms. The summed E-state index contributed by atoms with van der Waals surface area (Å²) in [6.07, 6.45) is 4.77. The van der Waals surface area contributed by atoms with Crippen LogP contribution in [-0.2, 0) is 4.74 Å². The van der Waals surface area contributed by atoms with Gasteiger partial charge in [-0.05, 0) is 6.92 Å². The van der Waals surface area contributed by atoms with E-state index < -0.39 is 5.60 Å². The van der Waals surface area contributed by atoms with E-state index in [-0.39, 0.29) is 18.7 Å². The highest BCUT2D eigenvalue weighted by molar-refractivity contribution is 5.76. The highest BCUT2D eigenvalue weighted by Gasteiger charge is 2.39. The Morgan fingerprint density at radius 2 is 2.62 bits per heavy atom. The van der Waals surface area contributed by atoms with Crippen LogP contribution in [0.3, 0.4) is 0 Å². The largest absolute Gasteiger partial charge is 0.385 e. The normalized spacial score (nSPS) is 29.2. The van der Waals surface area contributed by atoms with Crippen LogP contribution in [0.2, 0.25) is 0 Å². The minimum Gasteiger partial charge on any atom is -0.385 e. The monoisotopic (exact) mass is 225 g/mol. The fourth-order valence-corrected chi connectivity index (χ4v) is 1.70. The maximum atomic E-state index is 11.6. The zero-order chi connectivity index (χ0) is 11.6. The van der Waals surface area contributed by atoms with Crippen molar-refractivity contribution in [2.75, 3.05) is 13.2 Å². The number of carbonyl (C=O) groups excluding carboxylic acids is 1. The summed E-state index contributed by atoms with van der Waals surface area (Å²) in [5.41, 5.74) is -0.962. The van der Waals surface area contributed by atoms with Crippen LogP contribution in [0.1, 0.15) is 13.3 Å². The molecule has 0 aliphatic carbocycles. The van der Waals surface area contributed by atoms with Crippen LogP contribution < -0.4 is 5.32 Å². The van der Waals surface area contributed by atoms with Crippen LogP contribution in [0.4, 0.5) is 4.79 Å². The van der Waals surface area contributed by atoms with Crippen molar-refractivity contribution in [2.45, 2.75) is 25.0 Å². The Bertz CT molecular complexity index is 365. The Morgan fingerprint density at radius 1 is 1.81 bits per heavy atom. The van der Waals surface area contributed by atoms with E-state index in [2.05, 4.69) is 10.3 Å². The van der Waals surface area contributed by atoms with Gasteiger partial charge in [-0.3, -0.25) is 4.57 Å². The lowest BCUT2D eigenvalue weighted by Crippen LogP contribution is -2.48. The first-order chi connectivity index (χ1) is 7.62. The molecule has 1 fully saturated rings. The number of hydrogen-bond acceptors (Lipinski definition) is 4. The van der Waals surface area contributed by atoms with Gasteiger partial charge in [-0.2, -0.15) is 0 Å². The van der Waals surface area contributed by atoms with Crippen LogP contribution in [0.5, 0.6) is 0 Å². The molecule has 1 aliphatic rings. The highest BCUT2D eigenvalue weighted by Crippen LogP contribution is 2.24. The van der Waals surface area contributed by atoms with E-state index in [9.17, 15) is 9.90 Å². The predicted octanol–water partition coefficient (Wildman–Crippen LogP) is -0.0193. The van der Waals surface area contributed by atoms with Gasteiger partial charge in [0.05, 0.1) is 12.6 Å². The summed E-state index contributed by atoms with van der Waals surface area (Å²) in [7, 11) is 0. The van der Waals surface area contributed by atoms with Crippen molar-refractivity contribution in [3.05, 3.63) is 18.7 Å². The van der Waals surface area contributed by atoms with Gasteiger partial charge in [-0.1, -0.05) is 0 Å². The molecular formula is C10H15N3O3. The zero-order valence-electron chi connectivity index (χ0n) is 9.09. The van der Waals surface area contributed by atoms with Crippen molar-refractivity contribution < 1.29 is 14.6 Å². The number of carbonyl (C=O) groups is 1. The van der Waals surface area contributed by atoms with Gasteiger partial charge in [0.1, 0.15) is 11.9 Å². The first kappa shape index (κ1) is 11.1. The number of imidazole rings is 1. The molecule has 2 atom stereocenters. The average Bonchev–Trinajstić information content (AvgIpc) is 2.87. The number of nitrogens with zero attached hydrogens (tertiary/aromatic N) is 2. The highest BCUT2D eigenvalue weighted by atomic mass is 16.5. The average molecular weight is 225 g/mol. The number of amides is 1. The van der Waals surface area contributed by atoms with E-state index in [1.54, 1.807) is 13.1 Å². The summed E-state index contributed by atoms with van der Waals surface area (Å²) < 4.78 is 6.59. The van der Waals surface area contributed by atoms with Crippen molar-refractivity contribution in [1.29, 1.82) is 0 Å². The molecule has 1 aliphatic heterocycles. The molecule has 16 heavy (non-hydrogen) atoms. The molecule has 0 aromatic carbocycles. The maximum Gasteiger partial charge on any atom is 0.326 e. The summed E-state index contributed by atoms with van der Waals surface area (Å²) >= 11 is 0. The zero-order valence-corrected chi connectivity index (χ0v) is 9.09. The Kier molecular flexibility index (Phi) is 2.93. The fourth-order valence-electron chi connectivity index (χ4n) is 1.70. The van der Waals surface area contributed by atoms with Crippen molar-refractivity contribution in [1.82, 2.24) is 14.9 Å². The van der Waals surface area contributed by atoms with Crippen LogP contribution in [0.25, 0.3) is 0 Å². The van der Waals surface area contributed by atoms with Gasteiger partial charge in [0.15, 0.2) is 0 Å².